The van der Waals surface area contributed by atoms with Gasteiger partial charge in [0.15, 0.2) is 0 Å². The highest BCUT2D eigenvalue weighted by atomic mass is 35.5. The smallest absolute Gasteiger partial charge is 0.320 e. The number of carbonyl (C=O) groups is 3. The molecule has 3 atom stereocenters. The molecule has 5 nitrogen and oxygen atoms in total. The molecule has 0 aromatic heterocycles. The van der Waals surface area contributed by atoms with Gasteiger partial charge in [-0.05, 0) is 65.6 Å². The molecule has 0 unspecified atom stereocenters. The number of hydrogen-bond acceptors (Lipinski definition) is 3. The van der Waals surface area contributed by atoms with Crippen LogP contribution in [0, 0.1) is 12.7 Å². The lowest BCUT2D eigenvalue weighted by molar-refractivity contribution is -0.151. The molecule has 3 aromatic carbocycles. The average Bonchev–Trinajstić information content (AvgIpc) is 3.09. The number of likely N-dealkylation sites (tertiary alicyclic amines) is 1. The number of piperidine rings is 1. The lowest BCUT2D eigenvalue weighted by Crippen LogP contribution is -2.59. The Kier molecular flexibility index (Phi) is 6.09. The highest BCUT2D eigenvalue weighted by molar-refractivity contribution is 6.31. The number of anilines is 1. The van der Waals surface area contributed by atoms with Crippen LogP contribution < -0.4 is 5.32 Å². The standard InChI is InChI=1S/C27H20Cl2F2N2O3/c1-14-5-7-18(30)11-19(14)25-27(20-8-6-17(29)10-22(20)32-26(27)36)21(15-3-2-4-16(28)9-15)12-24(35)33(25)13-23(31)34/h2-11,21,25H,12-13H2,1H3,(H,32,36)/t21-,25+,27-/m0/s1. The van der Waals surface area contributed by atoms with Crippen molar-refractivity contribution in [2.24, 2.45) is 0 Å². The second-order valence-corrected chi connectivity index (χ2v) is 9.98. The van der Waals surface area contributed by atoms with Gasteiger partial charge < -0.3 is 10.2 Å². The second-order valence-electron chi connectivity index (χ2n) is 9.10. The molecule has 2 heterocycles. The number of nitrogens with one attached hydrogen (secondary N) is 1. The molecular weight excluding hydrogens is 509 g/mol. The van der Waals surface area contributed by atoms with Crippen LogP contribution in [0.5, 0.6) is 0 Å². The van der Waals surface area contributed by atoms with E-state index in [1.54, 1.807) is 49.4 Å². The highest BCUT2D eigenvalue weighted by Crippen LogP contribution is 2.60. The van der Waals surface area contributed by atoms with E-state index < -0.39 is 47.6 Å². The summed E-state index contributed by atoms with van der Waals surface area (Å²) in [6.45, 7) is 0.834. The summed E-state index contributed by atoms with van der Waals surface area (Å²) in [5, 5.41) is 3.66. The fourth-order valence-corrected chi connectivity index (χ4v) is 6.09. The molecule has 36 heavy (non-hydrogen) atoms. The molecule has 0 bridgehead atoms. The third-order valence-electron chi connectivity index (χ3n) is 7.12. The van der Waals surface area contributed by atoms with E-state index in [9.17, 15) is 23.2 Å². The third kappa shape index (κ3) is 3.78. The van der Waals surface area contributed by atoms with E-state index in [1.165, 1.54) is 18.2 Å². The largest absolute Gasteiger partial charge is 0.325 e. The summed E-state index contributed by atoms with van der Waals surface area (Å²) in [6.07, 6.45) is -0.200. The summed E-state index contributed by atoms with van der Waals surface area (Å²) in [7, 11) is 0. The minimum Gasteiger partial charge on any atom is -0.325 e. The van der Waals surface area contributed by atoms with Gasteiger partial charge in [-0.2, -0.15) is 4.39 Å². The number of hydrogen-bond donors (Lipinski definition) is 1. The van der Waals surface area contributed by atoms with E-state index in [0.29, 0.717) is 38.0 Å². The molecular formula is C27H20Cl2F2N2O3. The molecule has 2 aliphatic heterocycles. The first-order valence-corrected chi connectivity index (χ1v) is 12.0. The van der Waals surface area contributed by atoms with Gasteiger partial charge in [0.25, 0.3) is 0 Å². The van der Waals surface area contributed by atoms with Gasteiger partial charge in [-0.25, -0.2) is 4.39 Å². The molecule has 2 aliphatic rings. The normalized spacial score (nSPS) is 23.1. The van der Waals surface area contributed by atoms with Crippen LogP contribution in [0.15, 0.2) is 60.7 Å². The second kappa shape index (κ2) is 8.98. The number of rotatable bonds is 4. The molecule has 0 saturated carbocycles. The molecule has 2 amide bonds. The summed E-state index contributed by atoms with van der Waals surface area (Å²) >= 11 is 12.5. The summed E-state index contributed by atoms with van der Waals surface area (Å²) in [6, 6.07) is 12.8. The maximum Gasteiger partial charge on any atom is 0.320 e. The predicted octanol–water partition coefficient (Wildman–Crippen LogP) is 5.88. The summed E-state index contributed by atoms with van der Waals surface area (Å²) in [5.74, 6) is -2.36. The van der Waals surface area contributed by atoms with Crippen LogP contribution in [0.25, 0.3) is 0 Å². The Labute approximate surface area is 216 Å². The summed E-state index contributed by atoms with van der Waals surface area (Å²) in [5.41, 5.74) is 0.894. The zero-order chi connectivity index (χ0) is 25.8. The first kappa shape index (κ1) is 24.4. The Hall–Kier alpha value is -3.29. The average molecular weight is 529 g/mol. The van der Waals surface area contributed by atoms with Gasteiger partial charge >= 0.3 is 6.04 Å². The van der Waals surface area contributed by atoms with Crippen molar-refractivity contribution in [2.45, 2.75) is 30.7 Å². The fraction of sp³-hybridized carbons (Fsp3) is 0.222. The van der Waals surface area contributed by atoms with Crippen molar-refractivity contribution in [1.29, 1.82) is 0 Å². The quantitative estimate of drug-likeness (QED) is 0.429. The lowest BCUT2D eigenvalue weighted by atomic mass is 9.58. The number of carbonyl (C=O) groups excluding carboxylic acids is 3. The number of halogens is 4. The van der Waals surface area contributed by atoms with Crippen molar-refractivity contribution in [3.05, 3.63) is 98.8 Å². The van der Waals surface area contributed by atoms with Crippen molar-refractivity contribution in [2.75, 3.05) is 11.9 Å². The van der Waals surface area contributed by atoms with Crippen LogP contribution in [-0.2, 0) is 19.8 Å². The maximum absolute atomic E-state index is 14.6. The van der Waals surface area contributed by atoms with Crippen LogP contribution in [0.2, 0.25) is 10.0 Å². The van der Waals surface area contributed by atoms with Crippen molar-refractivity contribution >= 4 is 46.7 Å². The Morgan fingerprint density at radius 2 is 1.83 bits per heavy atom. The van der Waals surface area contributed by atoms with Gasteiger partial charge in [-0.15, -0.1) is 0 Å². The molecule has 0 aliphatic carbocycles. The Bertz CT molecular complexity index is 1430. The van der Waals surface area contributed by atoms with E-state index in [0.717, 1.165) is 4.90 Å². The van der Waals surface area contributed by atoms with Crippen LogP contribution >= 0.6 is 23.2 Å². The molecule has 9 heteroatoms. The maximum atomic E-state index is 14.6. The van der Waals surface area contributed by atoms with Gasteiger partial charge in [0.05, 0.1) is 6.04 Å². The molecule has 0 radical (unpaired) electrons. The fourth-order valence-electron chi connectivity index (χ4n) is 5.72. The zero-order valence-electron chi connectivity index (χ0n) is 19.0. The molecule has 3 aromatic rings. The molecule has 1 spiro atoms. The summed E-state index contributed by atoms with van der Waals surface area (Å²) < 4.78 is 28.5. The number of benzene rings is 3. The van der Waals surface area contributed by atoms with Crippen molar-refractivity contribution in [3.63, 3.8) is 0 Å². The van der Waals surface area contributed by atoms with Gasteiger partial charge in [0.2, 0.25) is 11.8 Å². The first-order valence-electron chi connectivity index (χ1n) is 11.2. The molecule has 184 valence electrons. The Morgan fingerprint density at radius 1 is 1.08 bits per heavy atom. The molecule has 1 saturated heterocycles. The van der Waals surface area contributed by atoms with Crippen LogP contribution in [0.3, 0.4) is 0 Å². The molecule has 1 fully saturated rings. The number of amides is 2. The van der Waals surface area contributed by atoms with Gasteiger partial charge in [-0.3, -0.25) is 14.4 Å². The van der Waals surface area contributed by atoms with E-state index >= 15 is 0 Å². The number of aryl methyl sites for hydroxylation is 1. The number of fused-ring (bicyclic) bond motifs is 2. The van der Waals surface area contributed by atoms with Crippen LogP contribution in [0.4, 0.5) is 14.5 Å². The Balaban J connectivity index is 1.89. The van der Waals surface area contributed by atoms with Crippen molar-refractivity contribution in [1.82, 2.24) is 4.90 Å². The number of nitrogens with zero attached hydrogens (tertiary/aromatic N) is 1. The van der Waals surface area contributed by atoms with Crippen molar-refractivity contribution in [3.8, 4) is 0 Å². The van der Waals surface area contributed by atoms with E-state index in [2.05, 4.69) is 5.32 Å². The summed E-state index contributed by atoms with van der Waals surface area (Å²) in [4.78, 5) is 40.4. The molecule has 5 rings (SSSR count). The van der Waals surface area contributed by atoms with E-state index in [1.807, 2.05) is 0 Å². The van der Waals surface area contributed by atoms with Crippen LogP contribution in [-0.4, -0.2) is 29.3 Å². The van der Waals surface area contributed by atoms with Crippen LogP contribution in [0.1, 0.15) is 40.6 Å². The van der Waals surface area contributed by atoms with E-state index in [4.69, 9.17) is 23.2 Å². The zero-order valence-corrected chi connectivity index (χ0v) is 20.5. The lowest BCUT2D eigenvalue weighted by Gasteiger charge is -2.51. The topological polar surface area (TPSA) is 66.5 Å². The van der Waals surface area contributed by atoms with Gasteiger partial charge in [0.1, 0.15) is 17.8 Å². The van der Waals surface area contributed by atoms with Crippen molar-refractivity contribution < 1.29 is 23.2 Å². The minimum atomic E-state index is -1.74. The first-order chi connectivity index (χ1) is 17.1. The Morgan fingerprint density at radius 3 is 2.56 bits per heavy atom. The monoisotopic (exact) mass is 528 g/mol. The predicted molar refractivity (Wildman–Crippen MR) is 132 cm³/mol. The highest BCUT2D eigenvalue weighted by Gasteiger charge is 2.63. The SMILES string of the molecule is Cc1ccc(F)cc1[C@H]1N(CC(=O)F)C(=O)C[C@@H](c2cccc(Cl)c2)[C@]12C(=O)Nc1cc(Cl)ccc12. The van der Waals surface area contributed by atoms with Gasteiger partial charge in [-0.1, -0.05) is 47.5 Å². The minimum absolute atomic E-state index is 0.200. The molecule has 1 N–H and O–H groups in total. The van der Waals surface area contributed by atoms with E-state index in [-0.39, 0.29) is 6.42 Å². The third-order valence-corrected chi connectivity index (χ3v) is 7.59. The van der Waals surface area contributed by atoms with Gasteiger partial charge in [0, 0.05) is 28.1 Å².